The summed E-state index contributed by atoms with van der Waals surface area (Å²) in [5, 5.41) is 0. The molecule has 0 unspecified atom stereocenters. The van der Waals surface area contributed by atoms with Gasteiger partial charge in [0, 0.05) is 5.41 Å². The van der Waals surface area contributed by atoms with Crippen LogP contribution in [0.15, 0.2) is 23.8 Å². The van der Waals surface area contributed by atoms with Crippen molar-refractivity contribution in [3.63, 3.8) is 0 Å². The van der Waals surface area contributed by atoms with Gasteiger partial charge in [-0.05, 0) is 45.4 Å². The number of rotatable bonds is 3. The van der Waals surface area contributed by atoms with Crippen LogP contribution in [-0.4, -0.2) is 5.78 Å². The molecule has 1 atom stereocenters. The summed E-state index contributed by atoms with van der Waals surface area (Å²) in [4.78, 5) is 11.4. The maximum absolute atomic E-state index is 11.4. The van der Waals surface area contributed by atoms with E-state index in [1.165, 1.54) is 5.57 Å². The van der Waals surface area contributed by atoms with Gasteiger partial charge in [0.05, 0.1) is 0 Å². The fourth-order valence-electron chi connectivity index (χ4n) is 1.95. The average Bonchev–Trinajstić information content (AvgIpc) is 2.39. The van der Waals surface area contributed by atoms with E-state index in [2.05, 4.69) is 39.0 Å². The molecule has 0 bridgehead atoms. The van der Waals surface area contributed by atoms with E-state index in [9.17, 15) is 4.79 Å². The minimum Gasteiger partial charge on any atom is -0.299 e. The monoisotopic (exact) mass is 220 g/mol. The lowest BCUT2D eigenvalue weighted by Crippen LogP contribution is -2.21. The number of Topliss-reactive ketones (excluding diaryl/α,β-unsaturated/α-hetero) is 1. The van der Waals surface area contributed by atoms with Crippen LogP contribution in [0.2, 0.25) is 0 Å². The zero-order valence-electron chi connectivity index (χ0n) is 11.4. The summed E-state index contributed by atoms with van der Waals surface area (Å²) in [6, 6.07) is 0. The zero-order valence-corrected chi connectivity index (χ0v) is 11.4. The van der Waals surface area contributed by atoms with Crippen LogP contribution in [0.4, 0.5) is 0 Å². The van der Waals surface area contributed by atoms with Crippen LogP contribution in [0.1, 0.15) is 48.0 Å². The lowest BCUT2D eigenvalue weighted by molar-refractivity contribution is -0.122. The Morgan fingerprint density at radius 1 is 1.50 bits per heavy atom. The van der Waals surface area contributed by atoms with Gasteiger partial charge < -0.3 is 0 Å². The van der Waals surface area contributed by atoms with E-state index >= 15 is 0 Å². The van der Waals surface area contributed by atoms with Crippen molar-refractivity contribution in [2.75, 3.05) is 0 Å². The van der Waals surface area contributed by atoms with E-state index in [0.29, 0.717) is 5.92 Å². The lowest BCUT2D eigenvalue weighted by atomic mass is 9.76. The first-order valence-electron chi connectivity index (χ1n) is 6.05. The van der Waals surface area contributed by atoms with Crippen molar-refractivity contribution in [3.05, 3.63) is 23.8 Å². The number of hydrogen-bond acceptors (Lipinski definition) is 1. The number of carbonyl (C=O) groups is 1. The van der Waals surface area contributed by atoms with Crippen molar-refractivity contribution in [2.24, 2.45) is 16.7 Å². The highest BCUT2D eigenvalue weighted by Crippen LogP contribution is 2.44. The summed E-state index contributed by atoms with van der Waals surface area (Å²) in [5.74, 6) is 0.760. The molecule has 0 amide bonds. The molecule has 1 nitrogen and oxygen atoms in total. The number of ketones is 1. The molecule has 0 aromatic rings. The molecular weight excluding hydrogens is 196 g/mol. The molecule has 0 heterocycles. The van der Waals surface area contributed by atoms with E-state index < -0.39 is 0 Å². The van der Waals surface area contributed by atoms with Crippen LogP contribution in [0, 0.1) is 16.7 Å². The quantitative estimate of drug-likeness (QED) is 0.653. The van der Waals surface area contributed by atoms with E-state index in [1.54, 1.807) is 6.92 Å². The number of hydrogen-bond donors (Lipinski definition) is 0. The van der Waals surface area contributed by atoms with Crippen LogP contribution in [0.5, 0.6) is 0 Å². The summed E-state index contributed by atoms with van der Waals surface area (Å²) >= 11 is 0. The highest BCUT2D eigenvalue weighted by Gasteiger charge is 2.33. The normalized spacial score (nSPS) is 24.9. The predicted molar refractivity (Wildman–Crippen MR) is 69.2 cm³/mol. The Balaban J connectivity index is 2.78. The molecule has 0 fully saturated rings. The Labute approximate surface area is 99.6 Å². The van der Waals surface area contributed by atoms with Crippen LogP contribution < -0.4 is 0 Å². The fourth-order valence-corrected chi connectivity index (χ4v) is 1.95. The molecule has 0 N–H and O–H groups in total. The van der Waals surface area contributed by atoms with Crippen molar-refractivity contribution < 1.29 is 4.79 Å². The minimum atomic E-state index is -0.327. The van der Waals surface area contributed by atoms with Crippen molar-refractivity contribution in [3.8, 4) is 0 Å². The molecule has 1 aliphatic rings. The summed E-state index contributed by atoms with van der Waals surface area (Å²) in [6.07, 6.45) is 7.72. The largest absolute Gasteiger partial charge is 0.299 e. The van der Waals surface area contributed by atoms with Gasteiger partial charge in [0.15, 0.2) is 0 Å². The molecule has 0 spiro atoms. The van der Waals surface area contributed by atoms with Crippen LogP contribution in [0.3, 0.4) is 0 Å². The third-order valence-corrected chi connectivity index (χ3v) is 4.27. The van der Waals surface area contributed by atoms with Gasteiger partial charge in [-0.15, -0.1) is 0 Å². The summed E-state index contributed by atoms with van der Waals surface area (Å²) < 4.78 is 0. The first kappa shape index (κ1) is 13.2. The maximum atomic E-state index is 11.4. The molecule has 1 rings (SSSR count). The van der Waals surface area contributed by atoms with Gasteiger partial charge in [0.1, 0.15) is 5.78 Å². The second kappa shape index (κ2) is 4.20. The highest BCUT2D eigenvalue weighted by atomic mass is 16.1. The second-order valence-electron chi connectivity index (χ2n) is 6.09. The minimum absolute atomic E-state index is 0.226. The fraction of sp³-hybridized carbons (Fsp3) is 0.667. The molecule has 1 heteroatoms. The molecule has 0 saturated heterocycles. The first-order valence-corrected chi connectivity index (χ1v) is 6.05. The van der Waals surface area contributed by atoms with Gasteiger partial charge in [0.2, 0.25) is 0 Å². The van der Waals surface area contributed by atoms with Gasteiger partial charge in [-0.2, -0.15) is 0 Å². The standard InChI is InChI=1S/C15H24O/c1-11-7-8-13(15(11,5)6)9-10-14(3,4)12(2)16/h7,9-10,13H,8H2,1-6H3/b10-9+/t13-/m1/s1. The molecule has 0 aromatic carbocycles. The summed E-state index contributed by atoms with van der Waals surface area (Å²) in [7, 11) is 0. The molecule has 0 saturated carbocycles. The molecule has 1 aliphatic carbocycles. The van der Waals surface area contributed by atoms with E-state index in [-0.39, 0.29) is 16.6 Å². The Kier molecular flexibility index (Phi) is 3.47. The number of carbonyl (C=O) groups excluding carboxylic acids is 1. The molecule has 16 heavy (non-hydrogen) atoms. The Bertz CT molecular complexity index is 342. The summed E-state index contributed by atoms with van der Waals surface area (Å²) in [5.41, 5.74) is 1.37. The van der Waals surface area contributed by atoms with Gasteiger partial charge in [-0.25, -0.2) is 0 Å². The molecule has 90 valence electrons. The highest BCUT2D eigenvalue weighted by molar-refractivity contribution is 5.83. The topological polar surface area (TPSA) is 17.1 Å². The van der Waals surface area contributed by atoms with Crippen molar-refractivity contribution in [2.45, 2.75) is 48.0 Å². The lowest BCUT2D eigenvalue weighted by Gasteiger charge is -2.28. The molecule has 0 radical (unpaired) electrons. The average molecular weight is 220 g/mol. The zero-order chi connectivity index (χ0) is 12.6. The number of allylic oxidation sites excluding steroid dienone is 4. The second-order valence-corrected chi connectivity index (χ2v) is 6.09. The van der Waals surface area contributed by atoms with Gasteiger partial charge in [0.25, 0.3) is 0 Å². The van der Waals surface area contributed by atoms with E-state index in [0.717, 1.165) is 6.42 Å². The summed E-state index contributed by atoms with van der Waals surface area (Å²) in [6.45, 7) is 12.4. The first-order chi connectivity index (χ1) is 7.18. The van der Waals surface area contributed by atoms with Crippen LogP contribution in [-0.2, 0) is 4.79 Å². The molecular formula is C15H24O. The van der Waals surface area contributed by atoms with Gasteiger partial charge in [-0.3, -0.25) is 4.79 Å². The van der Waals surface area contributed by atoms with Crippen LogP contribution >= 0.6 is 0 Å². The Hall–Kier alpha value is -0.850. The third kappa shape index (κ3) is 2.45. The molecule has 0 aromatic heterocycles. The Morgan fingerprint density at radius 2 is 2.06 bits per heavy atom. The maximum Gasteiger partial charge on any atom is 0.139 e. The smallest absolute Gasteiger partial charge is 0.139 e. The van der Waals surface area contributed by atoms with Crippen molar-refractivity contribution in [1.82, 2.24) is 0 Å². The van der Waals surface area contributed by atoms with Crippen LogP contribution in [0.25, 0.3) is 0 Å². The third-order valence-electron chi connectivity index (χ3n) is 4.27. The van der Waals surface area contributed by atoms with Gasteiger partial charge in [-0.1, -0.05) is 37.6 Å². The van der Waals surface area contributed by atoms with E-state index in [1.807, 2.05) is 13.8 Å². The van der Waals surface area contributed by atoms with Crippen molar-refractivity contribution in [1.29, 1.82) is 0 Å². The van der Waals surface area contributed by atoms with E-state index in [4.69, 9.17) is 0 Å². The SMILES string of the molecule is CC(=O)C(C)(C)/C=C/[C@H]1CC=C(C)C1(C)C. The van der Waals surface area contributed by atoms with Crippen molar-refractivity contribution >= 4 is 5.78 Å². The predicted octanol–water partition coefficient (Wildman–Crippen LogP) is 4.15. The van der Waals surface area contributed by atoms with Gasteiger partial charge >= 0.3 is 0 Å². The molecule has 0 aliphatic heterocycles. The Morgan fingerprint density at radius 3 is 2.44 bits per heavy atom.